The second-order valence-corrected chi connectivity index (χ2v) is 5.69. The highest BCUT2D eigenvalue weighted by Crippen LogP contribution is 2.25. The Hall–Kier alpha value is -1.88. The van der Waals surface area contributed by atoms with E-state index in [-0.39, 0.29) is 5.82 Å². The van der Waals surface area contributed by atoms with E-state index in [1.807, 2.05) is 13.0 Å². The molecule has 2 heterocycles. The number of rotatable bonds is 4. The average Bonchev–Trinajstić information content (AvgIpc) is 2.72. The topological polar surface area (TPSA) is 30.3 Å². The molecule has 1 aromatic heterocycles. The summed E-state index contributed by atoms with van der Waals surface area (Å²) in [5.41, 5.74) is 3.23. The van der Waals surface area contributed by atoms with Crippen LogP contribution in [0.3, 0.4) is 0 Å². The lowest BCUT2D eigenvalue weighted by Gasteiger charge is -2.39. The number of ether oxygens (including phenoxy) is 1. The summed E-state index contributed by atoms with van der Waals surface area (Å²) in [7, 11) is 1.48. The third-order valence-corrected chi connectivity index (χ3v) is 3.95. The molecule has 1 aliphatic rings. The number of nitrogens with zero attached hydrogens (tertiary/aromatic N) is 3. The molecule has 1 fully saturated rings. The van der Waals surface area contributed by atoms with Crippen molar-refractivity contribution < 1.29 is 9.13 Å². The first-order chi connectivity index (χ1) is 10.1. The number of halogens is 1. The van der Waals surface area contributed by atoms with E-state index >= 15 is 0 Å². The molecule has 0 N–H and O–H groups in total. The lowest BCUT2D eigenvalue weighted by molar-refractivity contribution is 0.0892. The summed E-state index contributed by atoms with van der Waals surface area (Å²) < 4.78 is 20.7. The highest BCUT2D eigenvalue weighted by atomic mass is 19.1. The Balaban J connectivity index is 1.60. The summed E-state index contributed by atoms with van der Waals surface area (Å²) in [6.45, 7) is 6.77. The minimum absolute atomic E-state index is 0.294. The molecule has 5 heteroatoms. The van der Waals surface area contributed by atoms with Crippen LogP contribution in [-0.4, -0.2) is 34.9 Å². The van der Waals surface area contributed by atoms with Crippen LogP contribution in [0.2, 0.25) is 0 Å². The van der Waals surface area contributed by atoms with Gasteiger partial charge in [0.05, 0.1) is 18.8 Å². The molecule has 0 unspecified atom stereocenters. The minimum Gasteiger partial charge on any atom is -0.494 e. The van der Waals surface area contributed by atoms with Crippen molar-refractivity contribution >= 4 is 0 Å². The Kier molecular flexibility index (Phi) is 3.68. The second kappa shape index (κ2) is 5.48. The van der Waals surface area contributed by atoms with Crippen LogP contribution in [-0.2, 0) is 6.54 Å². The zero-order valence-electron chi connectivity index (χ0n) is 12.6. The van der Waals surface area contributed by atoms with Crippen LogP contribution in [0, 0.1) is 19.7 Å². The van der Waals surface area contributed by atoms with Gasteiger partial charge >= 0.3 is 0 Å². The highest BCUT2D eigenvalue weighted by molar-refractivity contribution is 5.29. The maximum absolute atomic E-state index is 13.7. The van der Waals surface area contributed by atoms with E-state index in [0.717, 1.165) is 30.9 Å². The number of methoxy groups -OCH3 is 1. The number of likely N-dealkylation sites (tertiary alicyclic amines) is 1. The molecular formula is C16H20FN3O. The van der Waals surface area contributed by atoms with Gasteiger partial charge in [0, 0.05) is 25.3 Å². The number of aromatic nitrogens is 2. The van der Waals surface area contributed by atoms with Gasteiger partial charge in [-0.3, -0.25) is 9.58 Å². The Labute approximate surface area is 124 Å². The summed E-state index contributed by atoms with van der Waals surface area (Å²) in [4.78, 5) is 2.29. The summed E-state index contributed by atoms with van der Waals surface area (Å²) in [5, 5.41) is 4.52. The van der Waals surface area contributed by atoms with Crippen LogP contribution in [0.25, 0.3) is 0 Å². The van der Waals surface area contributed by atoms with Crippen molar-refractivity contribution in [3.8, 4) is 5.75 Å². The van der Waals surface area contributed by atoms with Crippen molar-refractivity contribution in [2.24, 2.45) is 0 Å². The zero-order valence-corrected chi connectivity index (χ0v) is 12.6. The van der Waals surface area contributed by atoms with E-state index in [4.69, 9.17) is 4.74 Å². The quantitative estimate of drug-likeness (QED) is 0.867. The SMILES string of the molecule is COc1ccc(CN2CC(n3nc(C)cc3C)C2)cc1F. The lowest BCUT2D eigenvalue weighted by Crippen LogP contribution is -2.47. The predicted octanol–water partition coefficient (Wildman–Crippen LogP) is 2.70. The first kappa shape index (κ1) is 14.1. The molecule has 0 saturated carbocycles. The lowest BCUT2D eigenvalue weighted by atomic mass is 10.1. The van der Waals surface area contributed by atoms with E-state index in [1.54, 1.807) is 12.1 Å². The van der Waals surface area contributed by atoms with Gasteiger partial charge in [-0.15, -0.1) is 0 Å². The van der Waals surface area contributed by atoms with Crippen molar-refractivity contribution in [2.75, 3.05) is 20.2 Å². The maximum Gasteiger partial charge on any atom is 0.165 e. The van der Waals surface area contributed by atoms with E-state index in [1.165, 1.54) is 12.8 Å². The Morgan fingerprint density at radius 3 is 2.62 bits per heavy atom. The Morgan fingerprint density at radius 2 is 2.05 bits per heavy atom. The standard InChI is InChI=1S/C16H20FN3O/c1-11-6-12(2)20(18-11)14-9-19(10-14)8-13-4-5-16(21-3)15(17)7-13/h4-7,14H,8-10H2,1-3H3. The van der Waals surface area contributed by atoms with Crippen molar-refractivity contribution in [3.05, 3.63) is 47.0 Å². The van der Waals surface area contributed by atoms with Crippen molar-refractivity contribution in [3.63, 3.8) is 0 Å². The van der Waals surface area contributed by atoms with Crippen LogP contribution < -0.4 is 4.74 Å². The molecule has 112 valence electrons. The zero-order chi connectivity index (χ0) is 15.0. The average molecular weight is 289 g/mol. The summed E-state index contributed by atoms with van der Waals surface area (Å²) in [5.74, 6) is -0.00602. The second-order valence-electron chi connectivity index (χ2n) is 5.69. The third-order valence-electron chi connectivity index (χ3n) is 3.95. The Morgan fingerprint density at radius 1 is 1.29 bits per heavy atom. The van der Waals surface area contributed by atoms with Gasteiger partial charge in [0.1, 0.15) is 0 Å². The fraction of sp³-hybridized carbons (Fsp3) is 0.438. The fourth-order valence-corrected chi connectivity index (χ4v) is 2.91. The molecule has 4 nitrogen and oxygen atoms in total. The largest absolute Gasteiger partial charge is 0.494 e. The van der Waals surface area contributed by atoms with Gasteiger partial charge < -0.3 is 4.74 Å². The van der Waals surface area contributed by atoms with Crippen molar-refractivity contribution in [2.45, 2.75) is 26.4 Å². The van der Waals surface area contributed by atoms with Gasteiger partial charge in [-0.05, 0) is 37.6 Å². The molecule has 3 rings (SSSR count). The smallest absolute Gasteiger partial charge is 0.165 e. The highest BCUT2D eigenvalue weighted by Gasteiger charge is 2.29. The normalized spacial score (nSPS) is 16.0. The molecule has 0 aliphatic carbocycles. The first-order valence-corrected chi connectivity index (χ1v) is 7.14. The first-order valence-electron chi connectivity index (χ1n) is 7.14. The van der Waals surface area contributed by atoms with Gasteiger partial charge in [0.25, 0.3) is 0 Å². The van der Waals surface area contributed by atoms with E-state index < -0.39 is 0 Å². The van der Waals surface area contributed by atoms with E-state index in [2.05, 4.69) is 27.7 Å². The van der Waals surface area contributed by atoms with E-state index in [0.29, 0.717) is 11.8 Å². The molecule has 1 aliphatic heterocycles. The van der Waals surface area contributed by atoms with Crippen LogP contribution in [0.15, 0.2) is 24.3 Å². The van der Waals surface area contributed by atoms with Crippen LogP contribution in [0.1, 0.15) is 23.0 Å². The Bertz CT molecular complexity index is 647. The molecule has 0 amide bonds. The summed E-state index contributed by atoms with van der Waals surface area (Å²) in [6, 6.07) is 7.68. The number of hydrogen-bond acceptors (Lipinski definition) is 3. The van der Waals surface area contributed by atoms with E-state index in [9.17, 15) is 4.39 Å². The molecule has 1 aromatic carbocycles. The number of benzene rings is 1. The number of aryl methyl sites for hydroxylation is 2. The monoisotopic (exact) mass is 289 g/mol. The fourth-order valence-electron chi connectivity index (χ4n) is 2.91. The van der Waals surface area contributed by atoms with Crippen LogP contribution >= 0.6 is 0 Å². The molecule has 0 bridgehead atoms. The van der Waals surface area contributed by atoms with Gasteiger partial charge in [0.15, 0.2) is 11.6 Å². The molecule has 21 heavy (non-hydrogen) atoms. The molecule has 0 atom stereocenters. The molecule has 1 saturated heterocycles. The van der Waals surface area contributed by atoms with Gasteiger partial charge in [-0.2, -0.15) is 5.10 Å². The van der Waals surface area contributed by atoms with Crippen LogP contribution in [0.5, 0.6) is 5.75 Å². The maximum atomic E-state index is 13.7. The van der Waals surface area contributed by atoms with Crippen LogP contribution in [0.4, 0.5) is 4.39 Å². The van der Waals surface area contributed by atoms with Gasteiger partial charge in [-0.1, -0.05) is 6.07 Å². The minimum atomic E-state index is -0.300. The molecule has 0 spiro atoms. The summed E-state index contributed by atoms with van der Waals surface area (Å²) >= 11 is 0. The van der Waals surface area contributed by atoms with Crippen molar-refractivity contribution in [1.82, 2.24) is 14.7 Å². The molecule has 2 aromatic rings. The summed E-state index contributed by atoms with van der Waals surface area (Å²) in [6.07, 6.45) is 0. The van der Waals surface area contributed by atoms with Crippen molar-refractivity contribution in [1.29, 1.82) is 0 Å². The van der Waals surface area contributed by atoms with Gasteiger partial charge in [-0.25, -0.2) is 4.39 Å². The number of hydrogen-bond donors (Lipinski definition) is 0. The molecular weight excluding hydrogens is 269 g/mol. The van der Waals surface area contributed by atoms with Gasteiger partial charge in [0.2, 0.25) is 0 Å². The predicted molar refractivity (Wildman–Crippen MR) is 79.0 cm³/mol. The third kappa shape index (κ3) is 2.78. The molecule has 0 radical (unpaired) electrons.